The van der Waals surface area contributed by atoms with E-state index in [0.717, 1.165) is 56.9 Å². The summed E-state index contributed by atoms with van der Waals surface area (Å²) in [5.41, 5.74) is 25.2. The molecular formula is C76H56B2N4S2. The van der Waals surface area contributed by atoms with Crippen LogP contribution in [0.5, 0.6) is 0 Å². The number of hydrogen-bond acceptors (Lipinski definition) is 6. The quantitative estimate of drug-likeness (QED) is 0.133. The molecule has 4 nitrogen and oxygen atoms in total. The molecule has 4 heterocycles. The smallest absolute Gasteiger partial charge is 0.252 e. The second-order valence-corrected chi connectivity index (χ2v) is 25.4. The zero-order valence-electron chi connectivity index (χ0n) is 46.9. The van der Waals surface area contributed by atoms with Crippen molar-refractivity contribution in [2.75, 3.05) is 19.6 Å². The van der Waals surface area contributed by atoms with Crippen molar-refractivity contribution in [1.82, 2.24) is 0 Å². The third-order valence-corrected chi connectivity index (χ3v) is 19.5. The van der Waals surface area contributed by atoms with Gasteiger partial charge in [0.1, 0.15) is 0 Å². The van der Waals surface area contributed by atoms with Crippen LogP contribution < -0.4 is 52.4 Å². The first-order chi connectivity index (χ1) is 41.3. The van der Waals surface area contributed by atoms with Gasteiger partial charge in [-0.25, -0.2) is 0 Å². The van der Waals surface area contributed by atoms with E-state index >= 15 is 0 Å². The van der Waals surface area contributed by atoms with Crippen molar-refractivity contribution in [3.63, 3.8) is 0 Å². The van der Waals surface area contributed by atoms with Gasteiger partial charge in [-0.2, -0.15) is 0 Å². The Hall–Kier alpha value is -9.33. The van der Waals surface area contributed by atoms with E-state index in [1.54, 1.807) is 0 Å². The Kier molecular flexibility index (Phi) is 12.1. The number of anilines is 12. The molecule has 0 fully saturated rings. The topological polar surface area (TPSA) is 13.0 Å². The molecule has 12 aromatic carbocycles. The van der Waals surface area contributed by atoms with Crippen LogP contribution in [0.4, 0.5) is 68.2 Å². The second-order valence-electron chi connectivity index (χ2n) is 23.2. The molecule has 8 heteroatoms. The van der Waals surface area contributed by atoms with Gasteiger partial charge in [0.25, 0.3) is 6.71 Å². The summed E-state index contributed by atoms with van der Waals surface area (Å²) in [6, 6.07) is 106. The molecule has 4 aliphatic heterocycles. The van der Waals surface area contributed by atoms with E-state index in [2.05, 4.69) is 325 Å². The molecule has 0 atom stereocenters. The maximum Gasteiger partial charge on any atom is 0.252 e. The van der Waals surface area contributed by atoms with E-state index in [-0.39, 0.29) is 18.8 Å². The summed E-state index contributed by atoms with van der Waals surface area (Å²) < 4.78 is 0. The molecule has 12 aromatic rings. The molecule has 0 unspecified atom stereocenters. The summed E-state index contributed by atoms with van der Waals surface area (Å²) in [5.74, 6) is 0. The zero-order chi connectivity index (χ0) is 56.0. The molecule has 0 amide bonds. The lowest BCUT2D eigenvalue weighted by molar-refractivity contribution is 0.590. The SMILES string of the molecule is CC(C)(C)c1ccc(-c2ccccc2N2c3cc4c(cc3B3c5ccccc5N(c5ccccc5)c5cc(N(c6ccccc6)c6ccccc6)cc2c53)B2c3ccccc3Sc3cc(N(c5ccccc5)c5ccccc5)cc(c32)S4)cc1. The maximum atomic E-state index is 2.64. The molecule has 0 spiro atoms. The first kappa shape index (κ1) is 50.4. The summed E-state index contributed by atoms with van der Waals surface area (Å²) in [5, 5.41) is 0. The summed E-state index contributed by atoms with van der Waals surface area (Å²) in [6.07, 6.45) is 0. The monoisotopic (exact) mass is 1110 g/mol. The van der Waals surface area contributed by atoms with Crippen molar-refractivity contribution in [3.05, 3.63) is 291 Å². The lowest BCUT2D eigenvalue weighted by Crippen LogP contribution is -2.64. The van der Waals surface area contributed by atoms with Crippen LogP contribution in [-0.4, -0.2) is 13.4 Å². The summed E-state index contributed by atoms with van der Waals surface area (Å²) in [4.78, 5) is 15.2. The Morgan fingerprint density at radius 1 is 0.310 bits per heavy atom. The molecule has 398 valence electrons. The van der Waals surface area contributed by atoms with Crippen LogP contribution in [0.15, 0.2) is 305 Å². The van der Waals surface area contributed by atoms with Crippen LogP contribution in [-0.2, 0) is 5.41 Å². The summed E-state index contributed by atoms with van der Waals surface area (Å²) in [7, 11) is 0. The maximum absolute atomic E-state index is 2.64. The van der Waals surface area contributed by atoms with Crippen LogP contribution in [0, 0.1) is 0 Å². The van der Waals surface area contributed by atoms with Crippen LogP contribution in [0.1, 0.15) is 26.3 Å². The number of rotatable bonds is 9. The largest absolute Gasteiger partial charge is 0.311 e. The molecule has 0 radical (unpaired) electrons. The number of benzene rings is 12. The van der Waals surface area contributed by atoms with Gasteiger partial charge in [0.15, 0.2) is 0 Å². The molecule has 0 N–H and O–H groups in total. The lowest BCUT2D eigenvalue weighted by atomic mass is 9.31. The van der Waals surface area contributed by atoms with E-state index in [1.807, 2.05) is 23.5 Å². The Morgan fingerprint density at radius 3 is 1.36 bits per heavy atom. The first-order valence-electron chi connectivity index (χ1n) is 29.1. The molecule has 16 rings (SSSR count). The lowest BCUT2D eigenvalue weighted by Gasteiger charge is -2.46. The van der Waals surface area contributed by atoms with E-state index in [4.69, 9.17) is 0 Å². The molecule has 4 aliphatic rings. The van der Waals surface area contributed by atoms with Crippen LogP contribution >= 0.6 is 23.5 Å². The minimum absolute atomic E-state index is 0.0124. The summed E-state index contributed by atoms with van der Waals surface area (Å²) >= 11 is 3.84. The molecule has 84 heavy (non-hydrogen) atoms. The fourth-order valence-corrected chi connectivity index (χ4v) is 16.0. The highest BCUT2D eigenvalue weighted by molar-refractivity contribution is 8.01. The minimum Gasteiger partial charge on any atom is -0.311 e. The Morgan fingerprint density at radius 2 is 0.774 bits per heavy atom. The number of para-hydroxylation sites is 7. The molecule has 0 bridgehead atoms. The Bertz CT molecular complexity index is 4420. The van der Waals surface area contributed by atoms with E-state index in [0.29, 0.717) is 0 Å². The highest BCUT2D eigenvalue weighted by Gasteiger charge is 2.47. The minimum atomic E-state index is -0.108. The second kappa shape index (κ2) is 20.2. The first-order valence-corrected chi connectivity index (χ1v) is 30.7. The molecule has 0 saturated heterocycles. The standard InChI is InChI=1S/C76H56B2N4S2/c1-76(2,3)52-43-41-51(42-44-52)60-35-19-22-38-65(60)82-67-50-71-64(78-62-37-21-24-40-70(62)83-72-47-59(48-73(84-71)75(72)78)80(55-29-13-6-14-30-55)56-31-15-7-16-32-56)49-63(67)77-61-36-20-23-39-66(61)81(57-33-17-8-18-34-57)68-45-58(46-69(82)74(68)77)79(53-25-9-4-10-26-53)54-27-11-5-12-28-54/h4-50H,1-3H3. The van der Waals surface area contributed by atoms with Gasteiger partial charge < -0.3 is 19.6 Å². The zero-order valence-corrected chi connectivity index (χ0v) is 48.5. The highest BCUT2D eigenvalue weighted by atomic mass is 32.2. The molecule has 0 aliphatic carbocycles. The summed E-state index contributed by atoms with van der Waals surface area (Å²) in [6.45, 7) is 6.79. The van der Waals surface area contributed by atoms with Gasteiger partial charge in [-0.15, -0.1) is 0 Å². The van der Waals surface area contributed by atoms with Gasteiger partial charge in [-0.1, -0.05) is 231 Å². The highest BCUT2D eigenvalue weighted by Crippen LogP contribution is 2.52. The molecular weight excluding hydrogens is 1050 g/mol. The van der Waals surface area contributed by atoms with Gasteiger partial charge in [0.05, 0.1) is 11.4 Å². The van der Waals surface area contributed by atoms with Gasteiger partial charge in [-0.05, 0) is 148 Å². The van der Waals surface area contributed by atoms with Crippen LogP contribution in [0.3, 0.4) is 0 Å². The number of fused-ring (bicyclic) bond motifs is 8. The van der Waals surface area contributed by atoms with Crippen molar-refractivity contribution in [2.24, 2.45) is 0 Å². The average Bonchev–Trinajstić information content (AvgIpc) is 2.66. The molecule has 0 aromatic heterocycles. The van der Waals surface area contributed by atoms with Gasteiger partial charge >= 0.3 is 0 Å². The van der Waals surface area contributed by atoms with E-state index < -0.39 is 0 Å². The predicted octanol–water partition coefficient (Wildman–Crippen LogP) is 17.1. The number of nitrogens with zero attached hydrogens (tertiary/aromatic N) is 4. The van der Waals surface area contributed by atoms with Crippen molar-refractivity contribution < 1.29 is 0 Å². The van der Waals surface area contributed by atoms with Crippen molar-refractivity contribution in [3.8, 4) is 11.1 Å². The Balaban J connectivity index is 0.994. The van der Waals surface area contributed by atoms with Crippen LogP contribution in [0.2, 0.25) is 0 Å². The van der Waals surface area contributed by atoms with E-state index in [9.17, 15) is 0 Å². The fraction of sp³-hybridized carbons (Fsp3) is 0.0526. The molecule has 0 saturated carbocycles. The van der Waals surface area contributed by atoms with Crippen LogP contribution in [0.25, 0.3) is 11.1 Å². The Labute approximate surface area is 501 Å². The van der Waals surface area contributed by atoms with Gasteiger partial charge in [-0.3, -0.25) is 0 Å². The van der Waals surface area contributed by atoms with Crippen molar-refractivity contribution in [2.45, 2.75) is 45.8 Å². The number of hydrogen-bond donors (Lipinski definition) is 0. The normalized spacial score (nSPS) is 13.2. The average molecular weight is 1110 g/mol. The predicted molar refractivity (Wildman–Crippen MR) is 360 cm³/mol. The third-order valence-electron chi connectivity index (χ3n) is 17.2. The van der Waals surface area contributed by atoms with Gasteiger partial charge in [0, 0.05) is 82.0 Å². The fourth-order valence-electron chi connectivity index (χ4n) is 13.5. The third kappa shape index (κ3) is 8.33. The van der Waals surface area contributed by atoms with E-state index in [1.165, 1.54) is 80.4 Å². The van der Waals surface area contributed by atoms with Crippen molar-refractivity contribution in [1.29, 1.82) is 0 Å². The van der Waals surface area contributed by atoms with Gasteiger partial charge in [0.2, 0.25) is 6.71 Å². The van der Waals surface area contributed by atoms with Crippen molar-refractivity contribution >= 4 is 138 Å².